The lowest BCUT2D eigenvalue weighted by Crippen LogP contribution is -2.46. The predicted molar refractivity (Wildman–Crippen MR) is 94.6 cm³/mol. The highest BCUT2D eigenvalue weighted by atomic mass is 19.3. The van der Waals surface area contributed by atoms with E-state index in [4.69, 9.17) is 4.74 Å². The number of aliphatic hydroxyl groups excluding tert-OH is 1. The Morgan fingerprint density at radius 3 is 2.52 bits per heavy atom. The second kappa shape index (κ2) is 6.69. The van der Waals surface area contributed by atoms with Gasteiger partial charge in [-0.3, -0.25) is 9.78 Å². The van der Waals surface area contributed by atoms with E-state index in [1.807, 2.05) is 26.0 Å². The van der Waals surface area contributed by atoms with Crippen LogP contribution in [-0.4, -0.2) is 52.1 Å². The van der Waals surface area contributed by atoms with Crippen molar-refractivity contribution in [3.8, 4) is 5.75 Å². The molecule has 1 N–H and O–H groups in total. The smallest absolute Gasteiger partial charge is 0.249 e. The monoisotopic (exact) mass is 380 g/mol. The number of aliphatic hydroxyl groups is 1. The number of carbonyl (C=O) groups is 1. The van der Waals surface area contributed by atoms with Crippen molar-refractivity contribution in [1.82, 2.24) is 9.88 Å². The Labute approximate surface area is 157 Å². The fraction of sp³-hybridized carbons (Fsp3) is 0.700. The first-order valence-electron chi connectivity index (χ1n) is 9.67. The Kier molecular flexibility index (Phi) is 4.61. The van der Waals surface area contributed by atoms with Crippen LogP contribution in [0.25, 0.3) is 0 Å². The van der Waals surface area contributed by atoms with Gasteiger partial charge in [-0.05, 0) is 50.7 Å². The number of halogens is 2. The maximum absolute atomic E-state index is 13.1. The molecule has 2 heterocycles. The molecule has 2 aliphatic carbocycles. The number of hydrogen-bond acceptors (Lipinski definition) is 4. The molecule has 7 heteroatoms. The van der Waals surface area contributed by atoms with Crippen molar-refractivity contribution in [2.45, 2.75) is 57.7 Å². The SMILES string of the molecule is Cc1ccc(O[C@@H]2C[C@@H]3CN(C(=O)C4CC(F)(F)C4)C[C@@H]3C[C@H]2O)c(C)n1. The van der Waals surface area contributed by atoms with Gasteiger partial charge in [0.1, 0.15) is 11.9 Å². The Morgan fingerprint density at radius 2 is 1.89 bits per heavy atom. The molecule has 148 valence electrons. The lowest BCUT2D eigenvalue weighted by atomic mass is 9.78. The minimum absolute atomic E-state index is 0.152. The van der Waals surface area contributed by atoms with Crippen molar-refractivity contribution < 1.29 is 23.4 Å². The summed E-state index contributed by atoms with van der Waals surface area (Å²) in [7, 11) is 0. The van der Waals surface area contributed by atoms with Crippen LogP contribution in [0, 0.1) is 31.6 Å². The molecule has 4 rings (SSSR count). The van der Waals surface area contributed by atoms with E-state index in [0.29, 0.717) is 31.7 Å². The van der Waals surface area contributed by atoms with Gasteiger partial charge in [-0.25, -0.2) is 8.78 Å². The van der Waals surface area contributed by atoms with E-state index < -0.39 is 17.9 Å². The third-order valence-corrected chi connectivity index (χ3v) is 6.29. The summed E-state index contributed by atoms with van der Waals surface area (Å²) in [6, 6.07) is 3.75. The highest BCUT2D eigenvalue weighted by Crippen LogP contribution is 2.45. The molecule has 3 fully saturated rings. The molecule has 1 amide bonds. The van der Waals surface area contributed by atoms with Gasteiger partial charge in [0.15, 0.2) is 0 Å². The number of alkyl halides is 2. The standard InChI is InChI=1S/C20H26F2N2O3/c1-11-3-4-17(12(2)23-11)27-18-6-14-10-24(9-13(14)5-16(18)25)19(26)15-7-20(21,22)8-15/h3-4,13-16,18,25H,5-10H2,1-2H3/t13-,14+,16+,18+/m0/s1. The number of likely N-dealkylation sites (tertiary alicyclic amines) is 1. The molecule has 4 atom stereocenters. The molecule has 0 bridgehead atoms. The van der Waals surface area contributed by atoms with Gasteiger partial charge in [-0.15, -0.1) is 0 Å². The minimum atomic E-state index is -2.68. The number of pyridine rings is 1. The van der Waals surface area contributed by atoms with Gasteiger partial charge in [-0.2, -0.15) is 0 Å². The van der Waals surface area contributed by atoms with E-state index in [1.165, 1.54) is 0 Å². The number of carbonyl (C=O) groups excluding carboxylic acids is 1. The second-order valence-corrected chi connectivity index (χ2v) is 8.46. The third kappa shape index (κ3) is 3.66. The average molecular weight is 380 g/mol. The summed E-state index contributed by atoms with van der Waals surface area (Å²) in [4.78, 5) is 18.6. The zero-order chi connectivity index (χ0) is 19.3. The Balaban J connectivity index is 1.38. The van der Waals surface area contributed by atoms with Crippen molar-refractivity contribution in [2.75, 3.05) is 13.1 Å². The lowest BCUT2D eigenvalue weighted by molar-refractivity contribution is -0.159. The van der Waals surface area contributed by atoms with Crippen LogP contribution in [0.5, 0.6) is 5.75 Å². The number of aromatic nitrogens is 1. The number of fused-ring (bicyclic) bond motifs is 1. The second-order valence-electron chi connectivity index (χ2n) is 8.46. The molecule has 5 nitrogen and oxygen atoms in total. The predicted octanol–water partition coefficient (Wildman–Crippen LogP) is 2.72. The largest absolute Gasteiger partial charge is 0.486 e. The van der Waals surface area contributed by atoms with Crippen molar-refractivity contribution in [3.63, 3.8) is 0 Å². The Hall–Kier alpha value is -1.76. The molecule has 2 saturated carbocycles. The highest BCUT2D eigenvalue weighted by Gasteiger charge is 2.52. The van der Waals surface area contributed by atoms with Gasteiger partial charge >= 0.3 is 0 Å². The van der Waals surface area contributed by atoms with Crippen LogP contribution in [0.15, 0.2) is 12.1 Å². The fourth-order valence-electron chi connectivity index (χ4n) is 4.75. The van der Waals surface area contributed by atoms with Gasteiger partial charge in [-0.1, -0.05) is 0 Å². The van der Waals surface area contributed by atoms with E-state index in [2.05, 4.69) is 4.98 Å². The van der Waals surface area contributed by atoms with Crippen molar-refractivity contribution in [3.05, 3.63) is 23.5 Å². The first kappa shape index (κ1) is 18.6. The van der Waals surface area contributed by atoms with Gasteiger partial charge in [0, 0.05) is 37.5 Å². The number of aryl methyl sites for hydroxylation is 2. The summed E-state index contributed by atoms with van der Waals surface area (Å²) < 4.78 is 32.2. The molecule has 0 spiro atoms. The maximum Gasteiger partial charge on any atom is 0.249 e. The molecule has 0 unspecified atom stereocenters. The van der Waals surface area contributed by atoms with Crippen molar-refractivity contribution in [2.24, 2.45) is 17.8 Å². The number of nitrogens with zero attached hydrogens (tertiary/aromatic N) is 2. The molecule has 1 saturated heterocycles. The quantitative estimate of drug-likeness (QED) is 0.876. The number of amides is 1. The van der Waals surface area contributed by atoms with Gasteiger partial charge in [0.25, 0.3) is 0 Å². The topological polar surface area (TPSA) is 62.7 Å². The van der Waals surface area contributed by atoms with E-state index in [-0.39, 0.29) is 36.7 Å². The lowest BCUT2D eigenvalue weighted by Gasteiger charge is -2.36. The van der Waals surface area contributed by atoms with Gasteiger partial charge in [0.05, 0.1) is 11.8 Å². The molecule has 1 aliphatic heterocycles. The zero-order valence-corrected chi connectivity index (χ0v) is 15.7. The number of rotatable bonds is 3. The summed E-state index contributed by atoms with van der Waals surface area (Å²) in [6.45, 7) is 4.92. The highest BCUT2D eigenvalue weighted by molar-refractivity contribution is 5.80. The first-order chi connectivity index (χ1) is 12.7. The van der Waals surface area contributed by atoms with E-state index in [1.54, 1.807) is 4.90 Å². The molecule has 1 aromatic rings. The summed E-state index contributed by atoms with van der Waals surface area (Å²) in [6.07, 6.45) is -0.368. The van der Waals surface area contributed by atoms with Crippen LogP contribution in [0.3, 0.4) is 0 Å². The Morgan fingerprint density at radius 1 is 1.22 bits per heavy atom. The molecule has 1 aromatic heterocycles. The van der Waals surface area contributed by atoms with Crippen LogP contribution >= 0.6 is 0 Å². The fourth-order valence-corrected chi connectivity index (χ4v) is 4.75. The van der Waals surface area contributed by atoms with Crippen LogP contribution in [0.2, 0.25) is 0 Å². The average Bonchev–Trinajstić information content (AvgIpc) is 2.97. The van der Waals surface area contributed by atoms with Crippen molar-refractivity contribution >= 4 is 5.91 Å². The first-order valence-corrected chi connectivity index (χ1v) is 9.67. The van der Waals surface area contributed by atoms with Crippen LogP contribution in [0.4, 0.5) is 8.78 Å². The van der Waals surface area contributed by atoms with E-state index in [9.17, 15) is 18.7 Å². The molecular formula is C20H26F2N2O3. The molecule has 27 heavy (non-hydrogen) atoms. The van der Waals surface area contributed by atoms with Gasteiger partial charge in [0.2, 0.25) is 11.8 Å². The third-order valence-electron chi connectivity index (χ3n) is 6.29. The zero-order valence-electron chi connectivity index (χ0n) is 15.7. The van der Waals surface area contributed by atoms with Gasteiger partial charge < -0.3 is 14.7 Å². The molecule has 0 radical (unpaired) electrons. The summed E-state index contributed by atoms with van der Waals surface area (Å²) in [5.74, 6) is -2.25. The van der Waals surface area contributed by atoms with Crippen LogP contribution in [0.1, 0.15) is 37.1 Å². The number of hydrogen-bond donors (Lipinski definition) is 1. The normalized spacial score (nSPS) is 32.7. The summed E-state index contributed by atoms with van der Waals surface area (Å²) >= 11 is 0. The molecule has 0 aromatic carbocycles. The number of ether oxygens (including phenoxy) is 1. The van der Waals surface area contributed by atoms with E-state index >= 15 is 0 Å². The van der Waals surface area contributed by atoms with Crippen molar-refractivity contribution in [1.29, 1.82) is 0 Å². The summed E-state index contributed by atoms with van der Waals surface area (Å²) in [5.41, 5.74) is 1.70. The summed E-state index contributed by atoms with van der Waals surface area (Å²) in [5, 5.41) is 10.5. The van der Waals surface area contributed by atoms with Crippen LogP contribution in [-0.2, 0) is 4.79 Å². The Bertz CT molecular complexity index is 734. The van der Waals surface area contributed by atoms with Crippen LogP contribution < -0.4 is 4.74 Å². The maximum atomic E-state index is 13.1. The minimum Gasteiger partial charge on any atom is -0.486 e. The molecule has 3 aliphatic rings. The van der Waals surface area contributed by atoms with E-state index in [0.717, 1.165) is 11.4 Å². The molecular weight excluding hydrogens is 354 g/mol.